The van der Waals surface area contributed by atoms with Gasteiger partial charge in [-0.15, -0.1) is 0 Å². The van der Waals surface area contributed by atoms with Crippen LogP contribution in [0.15, 0.2) is 42.9 Å². The molecule has 4 aromatic rings. The Hall–Kier alpha value is -3.83. The molecule has 0 saturated carbocycles. The molecule has 0 radical (unpaired) electrons. The molecule has 220 valence electrons. The highest BCUT2D eigenvalue weighted by Crippen LogP contribution is 2.35. The van der Waals surface area contributed by atoms with Crippen LogP contribution in [0.2, 0.25) is 5.28 Å². The van der Waals surface area contributed by atoms with Crippen LogP contribution >= 0.6 is 11.6 Å². The second kappa shape index (κ2) is 11.8. The molecular formula is C30H34ClN7O4. The van der Waals surface area contributed by atoms with E-state index in [0.717, 1.165) is 48.6 Å². The Morgan fingerprint density at radius 1 is 1.07 bits per heavy atom. The van der Waals surface area contributed by atoms with E-state index >= 15 is 0 Å². The van der Waals surface area contributed by atoms with E-state index in [4.69, 9.17) is 35.9 Å². The van der Waals surface area contributed by atoms with Crippen LogP contribution in [0.4, 0.5) is 4.79 Å². The zero-order chi connectivity index (χ0) is 29.3. The lowest BCUT2D eigenvalue weighted by molar-refractivity contribution is -0.0365. The maximum atomic E-state index is 12.6. The molecule has 0 N–H and O–H groups in total. The van der Waals surface area contributed by atoms with Gasteiger partial charge < -0.3 is 19.1 Å². The second-order valence-corrected chi connectivity index (χ2v) is 11.9. The third-order valence-electron chi connectivity index (χ3n) is 7.23. The number of rotatable bonds is 5. The SMILES string of the molecule is CC(C)(C)OC(=O)N1CCCC(Oc2cncc(-c3nn(C4CCCCO4)c4ccc(-c5ccnc(Cl)n5)cc34)n2)C1. The maximum absolute atomic E-state index is 12.6. The minimum atomic E-state index is -0.556. The van der Waals surface area contributed by atoms with Crippen molar-refractivity contribution in [3.05, 3.63) is 48.1 Å². The van der Waals surface area contributed by atoms with E-state index in [-0.39, 0.29) is 23.7 Å². The maximum Gasteiger partial charge on any atom is 0.410 e. The minimum absolute atomic E-state index is 0.164. The lowest BCUT2D eigenvalue weighted by Crippen LogP contribution is -2.46. The Morgan fingerprint density at radius 2 is 1.95 bits per heavy atom. The summed E-state index contributed by atoms with van der Waals surface area (Å²) in [7, 11) is 0. The van der Waals surface area contributed by atoms with E-state index in [1.807, 2.05) is 49.7 Å². The summed E-state index contributed by atoms with van der Waals surface area (Å²) in [6.45, 7) is 7.34. The highest BCUT2D eigenvalue weighted by atomic mass is 35.5. The molecule has 1 amide bonds. The van der Waals surface area contributed by atoms with Gasteiger partial charge in [0.1, 0.15) is 23.1 Å². The fourth-order valence-corrected chi connectivity index (χ4v) is 5.49. The molecule has 11 nitrogen and oxygen atoms in total. The summed E-state index contributed by atoms with van der Waals surface area (Å²) in [6, 6.07) is 7.87. The van der Waals surface area contributed by atoms with Crippen molar-refractivity contribution >= 4 is 28.6 Å². The summed E-state index contributed by atoms with van der Waals surface area (Å²) in [5.74, 6) is 0.374. The molecule has 2 fully saturated rings. The van der Waals surface area contributed by atoms with Crippen LogP contribution in [0.25, 0.3) is 33.5 Å². The number of hydrogen-bond donors (Lipinski definition) is 0. The van der Waals surface area contributed by atoms with Crippen LogP contribution in [0.3, 0.4) is 0 Å². The van der Waals surface area contributed by atoms with Gasteiger partial charge in [0.15, 0.2) is 6.23 Å². The highest BCUT2D eigenvalue weighted by Gasteiger charge is 2.29. The molecule has 0 spiro atoms. The Morgan fingerprint density at radius 3 is 2.74 bits per heavy atom. The summed E-state index contributed by atoms with van der Waals surface area (Å²) >= 11 is 6.08. The van der Waals surface area contributed by atoms with Gasteiger partial charge in [-0.1, -0.05) is 6.07 Å². The fraction of sp³-hybridized carbons (Fsp3) is 0.467. The van der Waals surface area contributed by atoms with Crippen molar-refractivity contribution in [2.75, 3.05) is 19.7 Å². The molecule has 2 aliphatic rings. The van der Waals surface area contributed by atoms with Crippen LogP contribution < -0.4 is 4.74 Å². The summed E-state index contributed by atoms with van der Waals surface area (Å²) in [6.07, 6.45) is 8.78. The minimum Gasteiger partial charge on any atom is -0.471 e. The van der Waals surface area contributed by atoms with Crippen LogP contribution in [0.5, 0.6) is 5.88 Å². The number of carbonyl (C=O) groups excluding carboxylic acids is 1. The number of halogens is 1. The number of piperidine rings is 1. The monoisotopic (exact) mass is 591 g/mol. The first kappa shape index (κ1) is 28.3. The van der Waals surface area contributed by atoms with Gasteiger partial charge in [0.05, 0.1) is 30.1 Å². The average Bonchev–Trinajstić information content (AvgIpc) is 3.36. The number of fused-ring (bicyclic) bond motifs is 1. The molecule has 5 heterocycles. The van der Waals surface area contributed by atoms with E-state index in [9.17, 15) is 4.79 Å². The van der Waals surface area contributed by atoms with Crippen LogP contribution in [0, 0.1) is 0 Å². The van der Waals surface area contributed by atoms with E-state index < -0.39 is 5.60 Å². The average molecular weight is 592 g/mol. The van der Waals surface area contributed by atoms with Crippen LogP contribution in [-0.4, -0.2) is 72.1 Å². The Kier molecular flexibility index (Phi) is 7.96. The number of carbonyl (C=O) groups is 1. The molecule has 6 rings (SSSR count). The molecule has 2 saturated heterocycles. The number of amides is 1. The lowest BCUT2D eigenvalue weighted by atomic mass is 10.1. The number of likely N-dealkylation sites (tertiary alicyclic amines) is 1. The first-order chi connectivity index (χ1) is 20.2. The van der Waals surface area contributed by atoms with Gasteiger partial charge in [0.2, 0.25) is 11.2 Å². The number of benzene rings is 1. The lowest BCUT2D eigenvalue weighted by Gasteiger charge is -2.33. The number of ether oxygens (including phenoxy) is 3. The van der Waals surface area contributed by atoms with Gasteiger partial charge >= 0.3 is 6.09 Å². The quantitative estimate of drug-likeness (QED) is 0.254. The van der Waals surface area contributed by atoms with E-state index in [1.54, 1.807) is 23.5 Å². The topological polar surface area (TPSA) is 117 Å². The molecule has 3 aromatic heterocycles. The Balaban J connectivity index is 1.31. The van der Waals surface area contributed by atoms with Crippen molar-refractivity contribution in [2.45, 2.75) is 70.8 Å². The van der Waals surface area contributed by atoms with E-state index in [2.05, 4.69) is 15.0 Å². The van der Waals surface area contributed by atoms with Gasteiger partial charge in [0, 0.05) is 30.3 Å². The molecule has 2 unspecified atom stereocenters. The predicted molar refractivity (Wildman–Crippen MR) is 157 cm³/mol. The summed E-state index contributed by atoms with van der Waals surface area (Å²) in [5.41, 5.74) is 3.19. The smallest absolute Gasteiger partial charge is 0.410 e. The fourth-order valence-electron chi connectivity index (χ4n) is 5.34. The van der Waals surface area contributed by atoms with Crippen molar-refractivity contribution < 1.29 is 19.0 Å². The van der Waals surface area contributed by atoms with Crippen molar-refractivity contribution in [1.82, 2.24) is 34.6 Å². The molecule has 2 aliphatic heterocycles. The second-order valence-electron chi connectivity index (χ2n) is 11.6. The molecular weight excluding hydrogens is 558 g/mol. The summed E-state index contributed by atoms with van der Waals surface area (Å²) in [4.78, 5) is 32.0. The molecule has 0 bridgehead atoms. The number of hydrogen-bond acceptors (Lipinski definition) is 9. The number of aromatic nitrogens is 6. The zero-order valence-electron chi connectivity index (χ0n) is 24.0. The first-order valence-electron chi connectivity index (χ1n) is 14.3. The van der Waals surface area contributed by atoms with Gasteiger partial charge in [-0.25, -0.2) is 24.4 Å². The zero-order valence-corrected chi connectivity index (χ0v) is 24.8. The number of nitrogens with zero attached hydrogens (tertiary/aromatic N) is 7. The van der Waals surface area contributed by atoms with E-state index in [1.165, 1.54) is 0 Å². The van der Waals surface area contributed by atoms with Crippen LogP contribution in [0.1, 0.15) is 59.1 Å². The standard InChI is InChI=1S/C30H34ClN7O4/c1-30(2,3)42-29(39)37-13-6-7-20(18-37)41-25-17-32-16-23(34-25)27-21-15-19(22-11-12-33-28(31)35-22)9-10-24(21)38(36-27)26-8-4-5-14-40-26/h9-12,15-17,20,26H,4-8,13-14,18H2,1-3H3. The molecule has 42 heavy (non-hydrogen) atoms. The van der Waals surface area contributed by atoms with Gasteiger partial charge in [-0.3, -0.25) is 4.98 Å². The third kappa shape index (κ3) is 6.32. The highest BCUT2D eigenvalue weighted by molar-refractivity contribution is 6.28. The first-order valence-corrected chi connectivity index (χ1v) is 14.7. The van der Waals surface area contributed by atoms with Gasteiger partial charge in [-0.05, 0) is 82.7 Å². The largest absolute Gasteiger partial charge is 0.471 e. The summed E-state index contributed by atoms with van der Waals surface area (Å²) in [5, 5.41) is 6.07. The van der Waals surface area contributed by atoms with Crippen molar-refractivity contribution in [3.63, 3.8) is 0 Å². The summed E-state index contributed by atoms with van der Waals surface area (Å²) < 4.78 is 19.9. The third-order valence-corrected chi connectivity index (χ3v) is 7.41. The van der Waals surface area contributed by atoms with Gasteiger partial charge in [0.25, 0.3) is 0 Å². The predicted octanol–water partition coefficient (Wildman–Crippen LogP) is 6.08. The molecule has 2 atom stereocenters. The van der Waals surface area contributed by atoms with E-state index in [0.29, 0.717) is 42.7 Å². The Labute approximate surface area is 249 Å². The molecule has 1 aromatic carbocycles. The molecule has 12 heteroatoms. The molecule has 0 aliphatic carbocycles. The Bertz CT molecular complexity index is 1580. The van der Waals surface area contributed by atoms with Gasteiger partial charge in [-0.2, -0.15) is 5.10 Å². The van der Waals surface area contributed by atoms with Crippen molar-refractivity contribution in [1.29, 1.82) is 0 Å². The normalized spacial score (nSPS) is 19.6. The van der Waals surface area contributed by atoms with Crippen LogP contribution in [-0.2, 0) is 9.47 Å². The van der Waals surface area contributed by atoms with Crippen molar-refractivity contribution in [2.24, 2.45) is 0 Å². The van der Waals surface area contributed by atoms with Crippen molar-refractivity contribution in [3.8, 4) is 28.5 Å².